The molecular weight excluding hydrogens is 204 g/mol. The number of aliphatic hydroxyl groups is 1. The Morgan fingerprint density at radius 1 is 1.40 bits per heavy atom. The maximum Gasteiger partial charge on any atom is 0.378 e. The first-order valence-corrected chi connectivity index (χ1v) is 4.65. The third-order valence-electron chi connectivity index (χ3n) is 2.42. The van der Waals surface area contributed by atoms with E-state index in [1.807, 2.05) is 0 Å². The molecule has 0 bridgehead atoms. The zero-order valence-corrected chi connectivity index (χ0v) is 8.43. The molecule has 6 nitrogen and oxygen atoms in total. The molecule has 3 atom stereocenters. The van der Waals surface area contributed by atoms with E-state index in [1.54, 1.807) is 13.8 Å². The lowest BCUT2D eigenvalue weighted by Gasteiger charge is -2.20. The normalized spacial score (nSPS) is 39.5. The summed E-state index contributed by atoms with van der Waals surface area (Å²) < 4.78 is 15.4. The van der Waals surface area contributed by atoms with Gasteiger partial charge in [-0.25, -0.2) is 4.79 Å². The van der Waals surface area contributed by atoms with E-state index >= 15 is 0 Å². The molecule has 15 heavy (non-hydrogen) atoms. The van der Waals surface area contributed by atoms with Gasteiger partial charge in [0.1, 0.15) is 6.10 Å². The smallest absolute Gasteiger partial charge is 0.378 e. The number of esters is 1. The van der Waals surface area contributed by atoms with Crippen LogP contribution in [-0.2, 0) is 23.8 Å². The highest BCUT2D eigenvalue weighted by Gasteiger charge is 2.50. The molecule has 6 heteroatoms. The Hall–Kier alpha value is -0.980. The summed E-state index contributed by atoms with van der Waals surface area (Å²) in [7, 11) is 0. The molecule has 2 saturated heterocycles. The van der Waals surface area contributed by atoms with Gasteiger partial charge in [-0.3, -0.25) is 4.79 Å². The monoisotopic (exact) mass is 216 g/mol. The highest BCUT2D eigenvalue weighted by Crippen LogP contribution is 2.28. The van der Waals surface area contributed by atoms with Crippen molar-refractivity contribution in [2.45, 2.75) is 37.9 Å². The van der Waals surface area contributed by atoms with Crippen molar-refractivity contribution in [2.75, 3.05) is 6.61 Å². The summed E-state index contributed by atoms with van der Waals surface area (Å²) in [5.74, 6) is -2.71. The van der Waals surface area contributed by atoms with Gasteiger partial charge >= 0.3 is 5.97 Å². The number of hydrogen-bond donors (Lipinski definition) is 1. The van der Waals surface area contributed by atoms with Gasteiger partial charge in [0.25, 0.3) is 5.78 Å². The van der Waals surface area contributed by atoms with E-state index in [-0.39, 0.29) is 6.61 Å². The van der Waals surface area contributed by atoms with Crippen molar-refractivity contribution >= 4 is 11.8 Å². The molecule has 84 valence electrons. The Labute approximate surface area is 86.1 Å². The van der Waals surface area contributed by atoms with Crippen molar-refractivity contribution in [3.05, 3.63) is 0 Å². The van der Waals surface area contributed by atoms with Gasteiger partial charge in [0, 0.05) is 0 Å². The van der Waals surface area contributed by atoms with E-state index in [1.165, 1.54) is 0 Å². The van der Waals surface area contributed by atoms with E-state index in [2.05, 4.69) is 0 Å². The molecule has 2 rings (SSSR count). The second kappa shape index (κ2) is 3.26. The topological polar surface area (TPSA) is 82.1 Å². The van der Waals surface area contributed by atoms with Crippen LogP contribution in [0.4, 0.5) is 0 Å². The van der Waals surface area contributed by atoms with Crippen LogP contribution in [0.5, 0.6) is 0 Å². The van der Waals surface area contributed by atoms with Crippen molar-refractivity contribution in [1.82, 2.24) is 0 Å². The number of carbonyl (C=O) groups is 2. The van der Waals surface area contributed by atoms with Gasteiger partial charge in [0.15, 0.2) is 18.0 Å². The van der Waals surface area contributed by atoms with Gasteiger partial charge in [-0.15, -0.1) is 0 Å². The predicted molar refractivity (Wildman–Crippen MR) is 45.8 cm³/mol. The number of hydrogen-bond acceptors (Lipinski definition) is 6. The lowest BCUT2D eigenvalue weighted by Crippen LogP contribution is -2.39. The van der Waals surface area contributed by atoms with Crippen LogP contribution < -0.4 is 0 Å². The lowest BCUT2D eigenvalue weighted by atomic mass is 10.1. The van der Waals surface area contributed by atoms with Crippen LogP contribution in [0, 0.1) is 0 Å². The quantitative estimate of drug-likeness (QED) is 0.447. The zero-order valence-electron chi connectivity index (χ0n) is 8.43. The van der Waals surface area contributed by atoms with Gasteiger partial charge in [-0.1, -0.05) is 0 Å². The van der Waals surface area contributed by atoms with Gasteiger partial charge in [0.2, 0.25) is 0 Å². The Morgan fingerprint density at radius 2 is 2.07 bits per heavy atom. The summed E-state index contributed by atoms with van der Waals surface area (Å²) in [6.07, 6.45) is -2.99. The largest absolute Gasteiger partial charge is 0.450 e. The average Bonchev–Trinajstić information content (AvgIpc) is 2.62. The molecule has 1 unspecified atom stereocenters. The summed E-state index contributed by atoms with van der Waals surface area (Å²) in [5, 5.41) is 9.43. The minimum absolute atomic E-state index is 0.190. The first kappa shape index (κ1) is 10.5. The highest BCUT2D eigenvalue weighted by molar-refractivity contribution is 6.37. The fourth-order valence-electron chi connectivity index (χ4n) is 1.67. The molecule has 0 aromatic rings. The molecule has 0 aromatic carbocycles. The summed E-state index contributed by atoms with van der Waals surface area (Å²) in [5.41, 5.74) is 0. The Balaban J connectivity index is 2.08. The minimum Gasteiger partial charge on any atom is -0.450 e. The Morgan fingerprint density at radius 3 is 2.47 bits per heavy atom. The molecule has 2 heterocycles. The van der Waals surface area contributed by atoms with Gasteiger partial charge < -0.3 is 19.3 Å². The zero-order chi connectivity index (χ0) is 11.2. The van der Waals surface area contributed by atoms with E-state index in [4.69, 9.17) is 14.2 Å². The number of aliphatic hydroxyl groups excluding tert-OH is 1. The second-order valence-electron chi connectivity index (χ2n) is 4.05. The number of cyclic esters (lactones) is 1. The van der Waals surface area contributed by atoms with Crippen LogP contribution in [0.25, 0.3) is 0 Å². The molecule has 2 aliphatic rings. The first-order chi connectivity index (χ1) is 6.91. The minimum atomic E-state index is -1.44. The van der Waals surface area contributed by atoms with Crippen LogP contribution in [0.2, 0.25) is 0 Å². The molecular formula is C9H12O6. The average molecular weight is 216 g/mol. The first-order valence-electron chi connectivity index (χ1n) is 4.65. The fraction of sp³-hybridized carbons (Fsp3) is 0.778. The van der Waals surface area contributed by atoms with Gasteiger partial charge in [-0.2, -0.15) is 0 Å². The molecule has 1 N–H and O–H groups in total. The summed E-state index contributed by atoms with van der Waals surface area (Å²) in [6.45, 7) is 3.60. The van der Waals surface area contributed by atoms with Crippen molar-refractivity contribution in [2.24, 2.45) is 0 Å². The van der Waals surface area contributed by atoms with Crippen LogP contribution >= 0.6 is 0 Å². The molecule has 0 amide bonds. The van der Waals surface area contributed by atoms with Crippen LogP contribution in [-0.4, -0.2) is 47.6 Å². The predicted octanol–water partition coefficient (Wildman–Crippen LogP) is -1.01. The van der Waals surface area contributed by atoms with Crippen LogP contribution in [0.1, 0.15) is 13.8 Å². The molecule has 2 aliphatic heterocycles. The summed E-state index contributed by atoms with van der Waals surface area (Å²) in [4.78, 5) is 21.9. The molecule has 0 saturated carbocycles. The van der Waals surface area contributed by atoms with Crippen molar-refractivity contribution in [1.29, 1.82) is 0 Å². The fourth-order valence-corrected chi connectivity index (χ4v) is 1.67. The molecule has 2 fully saturated rings. The SMILES string of the molecule is CC1(C)OC[C@H]([C@H]2OC(=O)C(=O)C2O)O1. The highest BCUT2D eigenvalue weighted by atomic mass is 16.8. The Kier molecular flexibility index (Phi) is 2.29. The number of carbonyl (C=O) groups excluding carboxylic acids is 2. The maximum absolute atomic E-state index is 11.0. The van der Waals surface area contributed by atoms with E-state index < -0.39 is 35.9 Å². The number of ether oxygens (including phenoxy) is 3. The lowest BCUT2D eigenvalue weighted by molar-refractivity contribution is -0.166. The molecule has 0 spiro atoms. The maximum atomic E-state index is 11.0. The number of ketones is 1. The number of Topliss-reactive ketones (excluding diaryl/α,β-unsaturated/α-hetero) is 1. The van der Waals surface area contributed by atoms with Crippen LogP contribution in [0.3, 0.4) is 0 Å². The third-order valence-corrected chi connectivity index (χ3v) is 2.42. The summed E-state index contributed by atoms with van der Waals surface area (Å²) >= 11 is 0. The van der Waals surface area contributed by atoms with Gasteiger partial charge in [-0.05, 0) is 13.8 Å². The number of rotatable bonds is 1. The standard InChI is InChI=1S/C9H12O6/c1-9(2)13-3-4(15-9)7-5(10)6(11)8(12)14-7/h4-5,7,10H,3H2,1-2H3/t4-,5?,7-/m1/s1. The molecule has 0 aromatic heterocycles. The van der Waals surface area contributed by atoms with E-state index in [0.717, 1.165) is 0 Å². The molecule has 0 radical (unpaired) electrons. The molecule has 0 aliphatic carbocycles. The summed E-state index contributed by atoms with van der Waals surface area (Å²) in [6, 6.07) is 0. The van der Waals surface area contributed by atoms with Crippen molar-refractivity contribution < 1.29 is 28.9 Å². The van der Waals surface area contributed by atoms with Gasteiger partial charge in [0.05, 0.1) is 6.61 Å². The van der Waals surface area contributed by atoms with Crippen LogP contribution in [0.15, 0.2) is 0 Å². The van der Waals surface area contributed by atoms with Crippen molar-refractivity contribution in [3.63, 3.8) is 0 Å². The van der Waals surface area contributed by atoms with E-state index in [0.29, 0.717) is 0 Å². The third kappa shape index (κ3) is 1.75. The van der Waals surface area contributed by atoms with Crippen molar-refractivity contribution in [3.8, 4) is 0 Å². The Bertz CT molecular complexity index is 310. The second-order valence-corrected chi connectivity index (χ2v) is 4.05. The van der Waals surface area contributed by atoms with E-state index in [9.17, 15) is 14.7 Å².